The summed E-state index contributed by atoms with van der Waals surface area (Å²) in [6.07, 6.45) is 2.07. The molecule has 1 aliphatic heterocycles. The monoisotopic (exact) mass is 349 g/mol. The Labute approximate surface area is 145 Å². The first kappa shape index (κ1) is 17.1. The van der Waals surface area contributed by atoms with Gasteiger partial charge in [0.15, 0.2) is 6.10 Å². The lowest BCUT2D eigenvalue weighted by atomic mass is 10.2. The minimum atomic E-state index is -0.319. The van der Waals surface area contributed by atoms with E-state index >= 15 is 0 Å². The Kier molecular flexibility index (Phi) is 5.63. The third kappa shape index (κ3) is 4.21. The molecule has 1 aliphatic rings. The van der Waals surface area contributed by atoms with E-state index in [1.807, 2.05) is 24.8 Å². The number of amides is 1. The highest BCUT2D eigenvalue weighted by Gasteiger charge is 2.29. The molecular weight excluding hydrogens is 326 g/mol. The molecule has 130 valence electrons. The van der Waals surface area contributed by atoms with Crippen molar-refractivity contribution in [2.75, 3.05) is 19.7 Å². The number of carbonyl (C=O) groups excluding carboxylic acids is 1. The summed E-state index contributed by atoms with van der Waals surface area (Å²) in [5.74, 6) is 1.43. The Morgan fingerprint density at radius 2 is 2.33 bits per heavy atom. The van der Waals surface area contributed by atoms with E-state index in [0.29, 0.717) is 37.9 Å². The first-order valence-corrected chi connectivity index (χ1v) is 9.26. The maximum atomic E-state index is 12.4. The molecule has 7 heteroatoms. The quantitative estimate of drug-likeness (QED) is 0.801. The van der Waals surface area contributed by atoms with Crippen LogP contribution in [0.5, 0.6) is 0 Å². The normalized spacial score (nSPS) is 18.3. The van der Waals surface area contributed by atoms with Gasteiger partial charge in [-0.3, -0.25) is 4.79 Å². The third-order valence-electron chi connectivity index (χ3n) is 4.04. The lowest BCUT2D eigenvalue weighted by molar-refractivity contribution is -0.140. The van der Waals surface area contributed by atoms with Crippen LogP contribution in [0.4, 0.5) is 0 Å². The molecule has 0 radical (unpaired) electrons. The number of hydrogen-bond acceptors (Lipinski definition) is 6. The van der Waals surface area contributed by atoms with Crippen molar-refractivity contribution in [3.8, 4) is 0 Å². The van der Waals surface area contributed by atoms with E-state index in [2.05, 4.69) is 21.6 Å². The number of rotatable bonds is 6. The predicted octanol–water partition coefficient (Wildman–Crippen LogP) is 3.18. The molecule has 24 heavy (non-hydrogen) atoms. The average molecular weight is 349 g/mol. The van der Waals surface area contributed by atoms with Crippen molar-refractivity contribution < 1.29 is 13.9 Å². The van der Waals surface area contributed by atoms with Gasteiger partial charge in [0, 0.05) is 23.8 Å². The molecule has 0 spiro atoms. The number of aromatic nitrogens is 2. The van der Waals surface area contributed by atoms with E-state index in [0.717, 1.165) is 12.8 Å². The van der Waals surface area contributed by atoms with Gasteiger partial charge in [-0.2, -0.15) is 0 Å². The number of carbonyl (C=O) groups is 1. The highest BCUT2D eigenvalue weighted by atomic mass is 32.1. The third-order valence-corrected chi connectivity index (χ3v) is 4.97. The first-order chi connectivity index (χ1) is 11.6. The maximum absolute atomic E-state index is 12.4. The summed E-state index contributed by atoms with van der Waals surface area (Å²) in [6.45, 7) is 5.61. The Morgan fingerprint density at radius 3 is 3.04 bits per heavy atom. The van der Waals surface area contributed by atoms with Gasteiger partial charge in [0.2, 0.25) is 17.7 Å². The van der Waals surface area contributed by atoms with E-state index in [1.54, 1.807) is 11.3 Å². The van der Waals surface area contributed by atoms with E-state index in [1.165, 1.54) is 4.88 Å². The van der Waals surface area contributed by atoms with E-state index in [9.17, 15) is 4.79 Å². The summed E-state index contributed by atoms with van der Waals surface area (Å²) in [7, 11) is 0. The van der Waals surface area contributed by atoms with Crippen LogP contribution in [-0.4, -0.2) is 40.7 Å². The Morgan fingerprint density at radius 1 is 1.46 bits per heavy atom. The molecular formula is C17H23N3O3S. The first-order valence-electron chi connectivity index (χ1n) is 8.38. The molecule has 1 fully saturated rings. The molecule has 3 heterocycles. The number of hydrogen-bond donors (Lipinski definition) is 0. The van der Waals surface area contributed by atoms with Crippen molar-refractivity contribution in [1.29, 1.82) is 0 Å². The van der Waals surface area contributed by atoms with Crippen LogP contribution in [0.2, 0.25) is 0 Å². The summed E-state index contributed by atoms with van der Waals surface area (Å²) in [5, 5.41) is 10.2. The van der Waals surface area contributed by atoms with Gasteiger partial charge < -0.3 is 14.1 Å². The lowest BCUT2D eigenvalue weighted by Crippen LogP contribution is -2.42. The molecule has 6 nitrogen and oxygen atoms in total. The highest BCUT2D eigenvalue weighted by molar-refractivity contribution is 7.09. The van der Waals surface area contributed by atoms with Gasteiger partial charge in [-0.05, 0) is 24.3 Å². The fraction of sp³-hybridized carbons (Fsp3) is 0.588. The highest BCUT2D eigenvalue weighted by Crippen LogP contribution is 2.24. The van der Waals surface area contributed by atoms with Crippen LogP contribution in [0.1, 0.15) is 55.4 Å². The molecule has 0 aliphatic carbocycles. The molecule has 0 N–H and O–H groups in total. The van der Waals surface area contributed by atoms with Crippen molar-refractivity contribution in [3.05, 3.63) is 34.2 Å². The van der Waals surface area contributed by atoms with Crippen LogP contribution in [0.15, 0.2) is 21.9 Å². The zero-order chi connectivity index (χ0) is 16.9. The second-order valence-corrected chi connectivity index (χ2v) is 7.30. The number of ether oxygens (including phenoxy) is 1. The van der Waals surface area contributed by atoms with E-state index in [-0.39, 0.29) is 17.9 Å². The van der Waals surface area contributed by atoms with E-state index in [4.69, 9.17) is 9.15 Å². The van der Waals surface area contributed by atoms with Crippen LogP contribution in [-0.2, 0) is 16.0 Å². The van der Waals surface area contributed by atoms with Gasteiger partial charge in [0.1, 0.15) is 0 Å². The molecule has 0 bridgehead atoms. The summed E-state index contributed by atoms with van der Waals surface area (Å²) in [6, 6.07) is 4.16. The van der Waals surface area contributed by atoms with Crippen molar-refractivity contribution in [2.24, 2.45) is 0 Å². The number of nitrogens with zero attached hydrogens (tertiary/aromatic N) is 3. The standard InChI is InChI=1S/C17H23N3O3S/c1-12(2)16-18-19-17(23-16)14-11-20(8-9-22-14)15(21)7-3-5-13-6-4-10-24-13/h4,6,10,12,14H,3,5,7-9,11H2,1-2H3/t14-/m0/s1. The SMILES string of the molecule is CC(C)c1nnc([C@@H]2CN(C(=O)CCCc3cccs3)CCO2)o1. The number of aryl methyl sites for hydroxylation is 1. The van der Waals surface area contributed by atoms with Crippen molar-refractivity contribution >= 4 is 17.2 Å². The molecule has 2 aromatic heterocycles. The van der Waals surface area contributed by atoms with Gasteiger partial charge in [-0.25, -0.2) is 0 Å². The number of morpholine rings is 1. The Bertz CT molecular complexity index is 654. The second-order valence-electron chi connectivity index (χ2n) is 6.27. The summed E-state index contributed by atoms with van der Waals surface area (Å²) in [4.78, 5) is 15.6. The van der Waals surface area contributed by atoms with E-state index < -0.39 is 0 Å². The van der Waals surface area contributed by atoms with Gasteiger partial charge in [0.05, 0.1) is 13.2 Å². The van der Waals surface area contributed by atoms with Crippen LogP contribution in [0.3, 0.4) is 0 Å². The van der Waals surface area contributed by atoms with Crippen LogP contribution >= 0.6 is 11.3 Å². The van der Waals surface area contributed by atoms with Crippen molar-refractivity contribution in [2.45, 2.75) is 45.1 Å². The summed E-state index contributed by atoms with van der Waals surface area (Å²) < 4.78 is 11.4. The zero-order valence-electron chi connectivity index (χ0n) is 14.1. The topological polar surface area (TPSA) is 68.5 Å². The molecule has 0 unspecified atom stereocenters. The van der Waals surface area contributed by atoms with Crippen LogP contribution in [0.25, 0.3) is 0 Å². The van der Waals surface area contributed by atoms with Gasteiger partial charge in [-0.1, -0.05) is 19.9 Å². The Hall–Kier alpha value is -1.73. The molecule has 2 aromatic rings. The fourth-order valence-electron chi connectivity index (χ4n) is 2.66. The smallest absolute Gasteiger partial charge is 0.247 e. The van der Waals surface area contributed by atoms with Crippen LogP contribution in [0, 0.1) is 0 Å². The molecule has 1 atom stereocenters. The molecule has 1 saturated heterocycles. The van der Waals surface area contributed by atoms with Crippen LogP contribution < -0.4 is 0 Å². The lowest BCUT2D eigenvalue weighted by Gasteiger charge is -2.31. The minimum Gasteiger partial charge on any atom is -0.422 e. The molecule has 0 aromatic carbocycles. The van der Waals surface area contributed by atoms with Crippen molar-refractivity contribution in [1.82, 2.24) is 15.1 Å². The fourth-order valence-corrected chi connectivity index (χ4v) is 3.41. The minimum absolute atomic E-state index is 0.170. The van der Waals surface area contributed by atoms with Crippen molar-refractivity contribution in [3.63, 3.8) is 0 Å². The zero-order valence-corrected chi connectivity index (χ0v) is 14.9. The molecule has 0 saturated carbocycles. The predicted molar refractivity (Wildman–Crippen MR) is 90.9 cm³/mol. The van der Waals surface area contributed by atoms with Gasteiger partial charge >= 0.3 is 0 Å². The summed E-state index contributed by atoms with van der Waals surface area (Å²) in [5.41, 5.74) is 0. The molecule has 1 amide bonds. The second kappa shape index (κ2) is 7.90. The largest absolute Gasteiger partial charge is 0.422 e. The maximum Gasteiger partial charge on any atom is 0.247 e. The van der Waals surface area contributed by atoms with Gasteiger partial charge in [-0.15, -0.1) is 21.5 Å². The average Bonchev–Trinajstić information content (AvgIpc) is 3.26. The van der Waals surface area contributed by atoms with Gasteiger partial charge in [0.25, 0.3) is 0 Å². The molecule has 3 rings (SSSR count). The Balaban J connectivity index is 1.51. The number of thiophene rings is 1. The summed E-state index contributed by atoms with van der Waals surface area (Å²) >= 11 is 1.74.